The predicted octanol–water partition coefficient (Wildman–Crippen LogP) is -0.528. The van der Waals surface area contributed by atoms with E-state index in [0.29, 0.717) is 0 Å². The monoisotopic (exact) mass is 698 g/mol. The van der Waals surface area contributed by atoms with E-state index in [1.165, 1.54) is 6.07 Å². The van der Waals surface area contributed by atoms with Gasteiger partial charge in [-0.2, -0.15) is 8.42 Å². The van der Waals surface area contributed by atoms with E-state index >= 15 is 0 Å². The van der Waals surface area contributed by atoms with Crippen molar-refractivity contribution in [3.63, 3.8) is 0 Å². The van der Waals surface area contributed by atoms with E-state index in [1.54, 1.807) is 13.8 Å². The standard InChI is InChI=1S/C28H38N6O13S/c1-16(2)24(33-21(35)9-12-46-13-11-34-22(36)7-8-23(34)37)26(39)32-19(4-3-10-30-27(29)40)25(38)31-18-6-5-17(15-47-28(41)42)20(14-18)48(43,44)45/h5-8,14,16,19,24H,3-4,9-13,15H2,1-2H3,(H,31,38)(H,32,39)(H,33,35)(H,41,42)(H3,29,30,40)(H,43,44,45)/t19-,24-/m0/s1. The molecule has 1 aliphatic heterocycles. The number of primary amides is 1. The summed E-state index contributed by atoms with van der Waals surface area (Å²) < 4.78 is 43.2. The van der Waals surface area contributed by atoms with Crippen LogP contribution in [0, 0.1) is 5.92 Å². The number of carbonyl (C=O) groups excluding carboxylic acids is 6. The van der Waals surface area contributed by atoms with Crippen LogP contribution in [0.25, 0.3) is 0 Å². The van der Waals surface area contributed by atoms with Gasteiger partial charge in [0.05, 0.1) is 19.8 Å². The molecule has 7 amide bonds. The van der Waals surface area contributed by atoms with E-state index in [4.69, 9.17) is 15.6 Å². The van der Waals surface area contributed by atoms with Crippen molar-refractivity contribution in [1.82, 2.24) is 20.9 Å². The first-order valence-electron chi connectivity index (χ1n) is 14.5. The molecule has 0 spiro atoms. The van der Waals surface area contributed by atoms with Crippen LogP contribution in [0.2, 0.25) is 0 Å². The molecule has 0 saturated heterocycles. The van der Waals surface area contributed by atoms with Crippen LogP contribution in [0.1, 0.15) is 38.7 Å². The van der Waals surface area contributed by atoms with E-state index in [0.717, 1.165) is 29.2 Å². The van der Waals surface area contributed by atoms with Gasteiger partial charge in [-0.05, 0) is 30.9 Å². The molecule has 264 valence electrons. The Morgan fingerprint density at radius 2 is 1.67 bits per heavy atom. The van der Waals surface area contributed by atoms with E-state index in [2.05, 4.69) is 26.0 Å². The fourth-order valence-corrected chi connectivity index (χ4v) is 5.00. The van der Waals surface area contributed by atoms with Gasteiger partial charge in [0.25, 0.3) is 21.9 Å². The van der Waals surface area contributed by atoms with Crippen LogP contribution in [-0.2, 0) is 50.2 Å². The van der Waals surface area contributed by atoms with E-state index in [1.807, 2.05) is 0 Å². The normalized spacial score (nSPS) is 14.0. The summed E-state index contributed by atoms with van der Waals surface area (Å²) in [6, 6.07) is 0.00958. The minimum absolute atomic E-state index is 0.00211. The van der Waals surface area contributed by atoms with E-state index in [9.17, 15) is 46.5 Å². The molecule has 0 aromatic heterocycles. The molecule has 0 aliphatic carbocycles. The number of nitrogens with one attached hydrogen (secondary N) is 4. The van der Waals surface area contributed by atoms with Crippen LogP contribution >= 0.6 is 0 Å². The van der Waals surface area contributed by atoms with Crippen molar-refractivity contribution < 1.29 is 61.1 Å². The third-order valence-corrected chi connectivity index (χ3v) is 7.60. The number of ether oxygens (including phenoxy) is 2. The molecule has 19 nitrogen and oxygen atoms in total. The molecule has 1 aromatic rings. The number of amides is 7. The molecule has 2 atom stereocenters. The van der Waals surface area contributed by atoms with Crippen molar-refractivity contribution in [2.75, 3.05) is 31.6 Å². The van der Waals surface area contributed by atoms with Gasteiger partial charge in [-0.3, -0.25) is 33.4 Å². The first-order chi connectivity index (χ1) is 22.5. The molecule has 0 radical (unpaired) electrons. The largest absolute Gasteiger partial charge is 0.506 e. The lowest BCUT2D eigenvalue weighted by Gasteiger charge is -2.25. The molecule has 1 heterocycles. The number of nitrogens with two attached hydrogens (primary N) is 1. The Bertz CT molecular complexity index is 1510. The van der Waals surface area contributed by atoms with Gasteiger partial charge in [0.1, 0.15) is 23.6 Å². The SMILES string of the molecule is CC(C)[C@H](NC(=O)CCOCCN1C(=O)C=CC1=O)C(=O)N[C@@H](CCCNC(N)=O)C(=O)Nc1ccc(COC(=O)O)c(S(=O)(=O)O)c1. The van der Waals surface area contributed by atoms with Gasteiger partial charge < -0.3 is 41.6 Å². The number of benzene rings is 1. The number of carbonyl (C=O) groups is 7. The first kappa shape index (κ1) is 39.1. The number of urea groups is 1. The molecule has 0 unspecified atom stereocenters. The fourth-order valence-electron chi connectivity index (χ4n) is 4.26. The van der Waals surface area contributed by atoms with Gasteiger partial charge in [0.15, 0.2) is 0 Å². The quantitative estimate of drug-likeness (QED) is 0.0414. The Balaban J connectivity index is 2.08. The molecule has 8 N–H and O–H groups in total. The highest BCUT2D eigenvalue weighted by Crippen LogP contribution is 2.22. The van der Waals surface area contributed by atoms with Crippen molar-refractivity contribution in [2.24, 2.45) is 11.7 Å². The molecule has 0 saturated carbocycles. The number of nitrogens with zero attached hydrogens (tertiary/aromatic N) is 1. The molecule has 48 heavy (non-hydrogen) atoms. The second-order valence-corrected chi connectivity index (χ2v) is 12.0. The van der Waals surface area contributed by atoms with Gasteiger partial charge in [-0.1, -0.05) is 19.9 Å². The number of hydrogen-bond donors (Lipinski definition) is 7. The van der Waals surface area contributed by atoms with Crippen molar-refractivity contribution in [1.29, 1.82) is 0 Å². The van der Waals surface area contributed by atoms with Gasteiger partial charge in [-0.15, -0.1) is 0 Å². The maximum absolute atomic E-state index is 13.3. The van der Waals surface area contributed by atoms with Crippen molar-refractivity contribution >= 4 is 57.5 Å². The van der Waals surface area contributed by atoms with Crippen molar-refractivity contribution in [3.05, 3.63) is 35.9 Å². The third kappa shape index (κ3) is 13.0. The second kappa shape index (κ2) is 18.3. The highest BCUT2D eigenvalue weighted by atomic mass is 32.2. The van der Waals surface area contributed by atoms with Gasteiger partial charge in [-0.25, -0.2) is 9.59 Å². The third-order valence-electron chi connectivity index (χ3n) is 6.66. The zero-order valence-corrected chi connectivity index (χ0v) is 26.9. The minimum atomic E-state index is -4.88. The topological polar surface area (TPSA) is 290 Å². The fraction of sp³-hybridized carbons (Fsp3) is 0.464. The molecule has 2 rings (SSSR count). The molecule has 1 aliphatic rings. The van der Waals surface area contributed by atoms with Gasteiger partial charge in [0, 0.05) is 36.4 Å². The van der Waals surface area contributed by atoms with Crippen molar-refractivity contribution in [3.8, 4) is 0 Å². The summed E-state index contributed by atoms with van der Waals surface area (Å²) in [4.78, 5) is 84.4. The summed E-state index contributed by atoms with van der Waals surface area (Å²) >= 11 is 0. The Hall–Kier alpha value is -5.08. The Morgan fingerprint density at radius 1 is 1.00 bits per heavy atom. The average molecular weight is 699 g/mol. The first-order valence-corrected chi connectivity index (χ1v) is 15.9. The molecule has 1 aromatic carbocycles. The molecule has 0 fully saturated rings. The number of rotatable bonds is 19. The molecular formula is C28H38N6O13S. The number of carboxylic acid groups (broad SMARTS) is 1. The average Bonchev–Trinajstić information content (AvgIpc) is 3.31. The number of imide groups is 1. The Kier molecular flexibility index (Phi) is 14.9. The van der Waals surface area contributed by atoms with Crippen LogP contribution in [0.4, 0.5) is 15.3 Å². The maximum atomic E-state index is 13.3. The zero-order valence-electron chi connectivity index (χ0n) is 26.1. The van der Waals surface area contributed by atoms with E-state index < -0.39 is 81.3 Å². The minimum Gasteiger partial charge on any atom is -0.450 e. The van der Waals surface area contributed by atoms with Crippen LogP contribution in [0.15, 0.2) is 35.2 Å². The highest BCUT2D eigenvalue weighted by molar-refractivity contribution is 7.85. The smallest absolute Gasteiger partial charge is 0.450 e. The van der Waals surface area contributed by atoms with Crippen LogP contribution in [-0.4, -0.2) is 103 Å². The second-order valence-electron chi connectivity index (χ2n) is 10.6. The lowest BCUT2D eigenvalue weighted by molar-refractivity contribution is -0.138. The summed E-state index contributed by atoms with van der Waals surface area (Å²) in [7, 11) is -4.88. The van der Waals surface area contributed by atoms with Crippen LogP contribution in [0.5, 0.6) is 0 Å². The summed E-state index contributed by atoms with van der Waals surface area (Å²) in [5.41, 5.74) is 4.72. The van der Waals surface area contributed by atoms with Crippen LogP contribution in [0.3, 0.4) is 0 Å². The predicted molar refractivity (Wildman–Crippen MR) is 165 cm³/mol. The van der Waals surface area contributed by atoms with Gasteiger partial charge >= 0.3 is 12.2 Å². The highest BCUT2D eigenvalue weighted by Gasteiger charge is 2.29. The molecular weight excluding hydrogens is 660 g/mol. The number of hydrogen-bond acceptors (Lipinski definition) is 11. The van der Waals surface area contributed by atoms with Crippen LogP contribution < -0.4 is 27.0 Å². The lowest BCUT2D eigenvalue weighted by Crippen LogP contribution is -2.54. The summed E-state index contributed by atoms with van der Waals surface area (Å²) in [6.07, 6.45) is 0.534. The zero-order chi connectivity index (χ0) is 36.0. The molecule has 20 heteroatoms. The summed E-state index contributed by atoms with van der Waals surface area (Å²) in [6.45, 7) is 2.55. The van der Waals surface area contributed by atoms with Crippen molar-refractivity contribution in [2.45, 2.75) is 56.7 Å². The Morgan fingerprint density at radius 3 is 2.25 bits per heavy atom. The Labute approximate surface area is 275 Å². The summed E-state index contributed by atoms with van der Waals surface area (Å²) in [5.74, 6) is -3.51. The lowest BCUT2D eigenvalue weighted by atomic mass is 10.0. The number of anilines is 1. The summed E-state index contributed by atoms with van der Waals surface area (Å²) in [5, 5.41) is 18.6. The molecule has 0 bridgehead atoms. The maximum Gasteiger partial charge on any atom is 0.506 e. The van der Waals surface area contributed by atoms with E-state index in [-0.39, 0.29) is 56.8 Å². The van der Waals surface area contributed by atoms with Gasteiger partial charge in [0.2, 0.25) is 17.7 Å².